The van der Waals surface area contributed by atoms with Crippen LogP contribution in [-0.4, -0.2) is 95.8 Å². The van der Waals surface area contributed by atoms with Crippen LogP contribution in [0.15, 0.2) is 29.0 Å². The minimum Gasteiger partial charge on any atom is -0.495 e. The van der Waals surface area contributed by atoms with Crippen LogP contribution in [-0.2, 0) is 14.3 Å². The zero-order chi connectivity index (χ0) is 29.3. The molecule has 2 fully saturated rings. The van der Waals surface area contributed by atoms with Crippen LogP contribution in [0.4, 0.5) is 14.9 Å². The topological polar surface area (TPSA) is 116 Å². The van der Waals surface area contributed by atoms with E-state index in [2.05, 4.69) is 15.5 Å². The molecule has 12 heteroatoms. The number of benzene rings is 1. The summed E-state index contributed by atoms with van der Waals surface area (Å²) in [7, 11) is 1.52. The van der Waals surface area contributed by atoms with Gasteiger partial charge in [0.15, 0.2) is 6.21 Å². The SMILES string of the molecule is COc1cc(C2CCN(CC3=N[N+]4=CCN(C(=O)OC(C)(C)C)CC4=C3)CC2)c(F)cc1NC1CCC(=O)NC1=O. The number of amides is 3. The van der Waals surface area contributed by atoms with Gasteiger partial charge >= 0.3 is 6.09 Å². The first-order chi connectivity index (χ1) is 19.5. The number of nitrogens with zero attached hydrogens (tertiary/aromatic N) is 4. The molecule has 0 aliphatic carbocycles. The number of imide groups is 1. The van der Waals surface area contributed by atoms with Crippen molar-refractivity contribution in [3.8, 4) is 5.75 Å². The van der Waals surface area contributed by atoms with Crippen LogP contribution in [0.2, 0.25) is 0 Å². The Morgan fingerprint density at radius 3 is 2.66 bits per heavy atom. The molecule has 41 heavy (non-hydrogen) atoms. The number of carbonyl (C=O) groups excluding carboxylic acids is 3. The maximum Gasteiger partial charge on any atom is 0.411 e. The van der Waals surface area contributed by atoms with E-state index in [1.807, 2.05) is 37.7 Å². The number of hydrazone groups is 1. The van der Waals surface area contributed by atoms with Gasteiger partial charge in [0, 0.05) is 30.2 Å². The molecule has 220 valence electrons. The van der Waals surface area contributed by atoms with E-state index in [4.69, 9.17) is 14.6 Å². The molecule has 1 aromatic rings. The van der Waals surface area contributed by atoms with Crippen LogP contribution < -0.4 is 15.4 Å². The molecule has 4 aliphatic rings. The van der Waals surface area contributed by atoms with E-state index >= 15 is 4.39 Å². The van der Waals surface area contributed by atoms with Gasteiger partial charge in [0.05, 0.1) is 12.8 Å². The quantitative estimate of drug-likeness (QED) is 0.400. The van der Waals surface area contributed by atoms with Crippen molar-refractivity contribution >= 4 is 35.5 Å². The Bertz CT molecular complexity index is 1330. The summed E-state index contributed by atoms with van der Waals surface area (Å²) in [5.74, 6) is -0.559. The van der Waals surface area contributed by atoms with Gasteiger partial charge in [-0.25, -0.2) is 9.18 Å². The molecule has 5 rings (SSSR count). The number of likely N-dealkylation sites (tertiary alicyclic amines) is 1. The number of hydrogen-bond acceptors (Lipinski definition) is 8. The number of methoxy groups -OCH3 is 1. The first-order valence-corrected chi connectivity index (χ1v) is 14.1. The minimum atomic E-state index is -0.623. The third kappa shape index (κ3) is 6.75. The summed E-state index contributed by atoms with van der Waals surface area (Å²) in [6, 6.07) is 2.48. The second-order valence-electron chi connectivity index (χ2n) is 11.9. The zero-order valence-electron chi connectivity index (χ0n) is 24.0. The Labute approximate surface area is 239 Å². The third-order valence-electron chi connectivity index (χ3n) is 7.64. The van der Waals surface area contributed by atoms with Gasteiger partial charge in [0.2, 0.25) is 17.5 Å². The van der Waals surface area contributed by atoms with Crippen molar-refractivity contribution in [3.05, 3.63) is 35.3 Å². The van der Waals surface area contributed by atoms with Crippen molar-refractivity contribution in [2.24, 2.45) is 5.10 Å². The van der Waals surface area contributed by atoms with Gasteiger partial charge in [-0.2, -0.15) is 0 Å². The molecular weight excluding hydrogens is 531 g/mol. The standard InChI is InChI=1S/C29H37FN6O5/c1-29(2,3)41-28(39)35-11-12-36-20(17-35)13-19(33-36)16-34-9-7-18(8-10-34)21-14-25(40-4)24(15-22(21)30)31-23-5-6-26(37)32-27(23)38/h12-15,18,23,31H,5-11,16-17H2,1-4H3/p+1. The van der Waals surface area contributed by atoms with Crippen LogP contribution in [0.25, 0.3) is 0 Å². The molecule has 0 radical (unpaired) electrons. The fourth-order valence-electron chi connectivity index (χ4n) is 5.56. The highest BCUT2D eigenvalue weighted by molar-refractivity contribution is 6.01. The molecular formula is C29H38FN6O5+. The molecule has 0 spiro atoms. The van der Waals surface area contributed by atoms with Crippen molar-refractivity contribution in [1.82, 2.24) is 15.1 Å². The van der Waals surface area contributed by atoms with Gasteiger partial charge in [-0.3, -0.25) is 24.7 Å². The molecule has 11 nitrogen and oxygen atoms in total. The summed E-state index contributed by atoms with van der Waals surface area (Å²) in [5, 5.41) is 10.0. The second kappa shape index (κ2) is 11.6. The van der Waals surface area contributed by atoms with Crippen LogP contribution in [0.3, 0.4) is 0 Å². The fourth-order valence-corrected chi connectivity index (χ4v) is 5.56. The summed E-state index contributed by atoms with van der Waals surface area (Å²) < 4.78 is 28.2. The second-order valence-corrected chi connectivity index (χ2v) is 11.9. The monoisotopic (exact) mass is 569 g/mol. The van der Waals surface area contributed by atoms with Crippen molar-refractivity contribution in [2.45, 2.75) is 64.0 Å². The predicted octanol–water partition coefficient (Wildman–Crippen LogP) is 2.82. The Balaban J connectivity index is 1.16. The number of ether oxygens (including phenoxy) is 2. The van der Waals surface area contributed by atoms with Gasteiger partial charge in [-0.15, -0.1) is 0 Å². The summed E-state index contributed by atoms with van der Waals surface area (Å²) >= 11 is 0. The van der Waals surface area contributed by atoms with Crippen LogP contribution >= 0.6 is 0 Å². The number of hydrogen-bond donors (Lipinski definition) is 2. The van der Waals surface area contributed by atoms with Crippen molar-refractivity contribution in [2.75, 3.05) is 45.2 Å². The van der Waals surface area contributed by atoms with E-state index in [1.165, 1.54) is 13.2 Å². The molecule has 2 saturated heterocycles. The number of anilines is 1. The van der Waals surface area contributed by atoms with Gasteiger partial charge in [0.25, 0.3) is 0 Å². The molecule has 4 aliphatic heterocycles. The molecule has 1 unspecified atom stereocenters. The van der Waals surface area contributed by atoms with Crippen LogP contribution in [0, 0.1) is 5.82 Å². The van der Waals surface area contributed by atoms with Gasteiger partial charge < -0.3 is 14.8 Å². The minimum absolute atomic E-state index is 0.0377. The van der Waals surface area contributed by atoms with Crippen molar-refractivity contribution in [1.29, 1.82) is 0 Å². The summed E-state index contributed by atoms with van der Waals surface area (Å²) in [4.78, 5) is 40.0. The normalized spacial score (nSPS) is 21.9. The smallest absolute Gasteiger partial charge is 0.411 e. The summed E-state index contributed by atoms with van der Waals surface area (Å²) in [5.41, 5.74) is 2.31. The van der Waals surface area contributed by atoms with Gasteiger partial charge in [-0.1, -0.05) is 4.68 Å². The first kappa shape index (κ1) is 28.7. The van der Waals surface area contributed by atoms with E-state index in [0.29, 0.717) is 43.1 Å². The molecule has 3 amide bonds. The number of rotatable bonds is 6. The van der Waals surface area contributed by atoms with Gasteiger partial charge in [0.1, 0.15) is 42.0 Å². The molecule has 0 aromatic heterocycles. The Hall–Kier alpha value is -3.80. The number of carbonyl (C=O) groups is 3. The number of piperidine rings is 2. The fraction of sp³-hybridized carbons (Fsp3) is 0.552. The lowest BCUT2D eigenvalue weighted by Crippen LogP contribution is -2.47. The molecule has 0 saturated carbocycles. The lowest BCUT2D eigenvalue weighted by Gasteiger charge is -2.32. The number of halogens is 1. The third-order valence-corrected chi connectivity index (χ3v) is 7.64. The van der Waals surface area contributed by atoms with Crippen molar-refractivity contribution in [3.63, 3.8) is 0 Å². The lowest BCUT2D eigenvalue weighted by atomic mass is 9.88. The molecule has 1 aromatic carbocycles. The highest BCUT2D eigenvalue weighted by Gasteiger charge is 2.35. The van der Waals surface area contributed by atoms with E-state index in [9.17, 15) is 14.4 Å². The average molecular weight is 570 g/mol. The zero-order valence-corrected chi connectivity index (χ0v) is 24.0. The van der Waals surface area contributed by atoms with E-state index in [-0.39, 0.29) is 30.2 Å². The summed E-state index contributed by atoms with van der Waals surface area (Å²) in [6.07, 6.45) is 5.71. The highest BCUT2D eigenvalue weighted by Crippen LogP contribution is 2.36. The lowest BCUT2D eigenvalue weighted by molar-refractivity contribution is -0.480. The maximum absolute atomic E-state index is 15.3. The summed E-state index contributed by atoms with van der Waals surface area (Å²) in [6.45, 7) is 8.69. The molecule has 2 N–H and O–H groups in total. The van der Waals surface area contributed by atoms with Crippen molar-refractivity contribution < 1.29 is 32.9 Å². The maximum atomic E-state index is 15.3. The molecule has 1 atom stereocenters. The molecule has 0 bridgehead atoms. The van der Waals surface area contributed by atoms with Crippen LogP contribution in [0.5, 0.6) is 5.75 Å². The predicted molar refractivity (Wildman–Crippen MR) is 151 cm³/mol. The van der Waals surface area contributed by atoms with E-state index < -0.39 is 17.6 Å². The number of fused-ring (bicyclic) bond motifs is 1. The number of nitrogens with one attached hydrogen (secondary N) is 2. The first-order valence-electron chi connectivity index (χ1n) is 14.1. The molecule has 4 heterocycles. The highest BCUT2D eigenvalue weighted by atomic mass is 19.1. The van der Waals surface area contributed by atoms with E-state index in [1.54, 1.807) is 11.0 Å². The van der Waals surface area contributed by atoms with E-state index in [0.717, 1.165) is 37.3 Å². The Morgan fingerprint density at radius 1 is 1.22 bits per heavy atom. The Kier molecular flexibility index (Phi) is 8.12. The van der Waals surface area contributed by atoms with Crippen LogP contribution in [0.1, 0.15) is 57.9 Å². The Morgan fingerprint density at radius 2 is 1.98 bits per heavy atom. The average Bonchev–Trinajstić information content (AvgIpc) is 3.31. The van der Waals surface area contributed by atoms with Gasteiger partial charge in [-0.05, 0) is 70.7 Å². The largest absolute Gasteiger partial charge is 0.495 e.